The molecule has 0 N–H and O–H groups in total. The van der Waals surface area contributed by atoms with E-state index in [1.54, 1.807) is 22.7 Å². The fourth-order valence-electron chi connectivity index (χ4n) is 4.48. The van der Waals surface area contributed by atoms with E-state index in [0.717, 1.165) is 0 Å². The molecule has 0 saturated heterocycles. The van der Waals surface area contributed by atoms with Crippen LogP contribution in [0.25, 0.3) is 20.9 Å². The van der Waals surface area contributed by atoms with Crippen LogP contribution in [-0.2, 0) is 4.79 Å². The second-order valence-corrected chi connectivity index (χ2v) is 8.81. The summed E-state index contributed by atoms with van der Waals surface area (Å²) in [6.07, 6.45) is 0. The number of carbonyl (C=O) groups is 1. The third kappa shape index (κ3) is 1.87. The van der Waals surface area contributed by atoms with Crippen LogP contribution >= 0.6 is 22.7 Å². The van der Waals surface area contributed by atoms with Crippen molar-refractivity contribution in [2.24, 2.45) is 0 Å². The molecule has 0 spiro atoms. The number of Topliss-reactive ketones (excluding diaryl/α,β-unsaturated/α-hetero) is 1. The number of benzene rings is 2. The number of hydrogen-bond acceptors (Lipinski definition) is 3. The maximum absolute atomic E-state index is 13.1. The van der Waals surface area contributed by atoms with E-state index in [1.807, 2.05) is 0 Å². The Bertz CT molecular complexity index is 1060. The zero-order valence-electron chi connectivity index (χ0n) is 13.8. The molecular formula is C23H14OS2. The first-order valence-corrected chi connectivity index (χ1v) is 10.5. The van der Waals surface area contributed by atoms with Crippen molar-refractivity contribution in [2.45, 2.75) is 11.8 Å². The number of ketones is 1. The Kier molecular flexibility index (Phi) is 2.96. The Hall–Kier alpha value is -2.49. The van der Waals surface area contributed by atoms with Crippen LogP contribution in [0.15, 0.2) is 71.4 Å². The monoisotopic (exact) mass is 370 g/mol. The van der Waals surface area contributed by atoms with Crippen molar-refractivity contribution < 1.29 is 4.79 Å². The smallest absolute Gasteiger partial charge is 0.156 e. The van der Waals surface area contributed by atoms with Gasteiger partial charge in [-0.2, -0.15) is 0 Å². The number of carbonyl (C=O) groups excluding carboxylic acids is 1. The van der Waals surface area contributed by atoms with Gasteiger partial charge in [-0.25, -0.2) is 0 Å². The van der Waals surface area contributed by atoms with Gasteiger partial charge in [0.2, 0.25) is 0 Å². The molecule has 2 atom stereocenters. The van der Waals surface area contributed by atoms with Crippen LogP contribution in [-0.4, -0.2) is 5.78 Å². The van der Waals surface area contributed by atoms with Crippen molar-refractivity contribution in [3.63, 3.8) is 0 Å². The minimum Gasteiger partial charge on any atom is -0.298 e. The molecule has 2 aromatic heterocycles. The van der Waals surface area contributed by atoms with Crippen LogP contribution in [0.5, 0.6) is 0 Å². The molecule has 0 fully saturated rings. The van der Waals surface area contributed by atoms with Crippen molar-refractivity contribution in [3.8, 4) is 20.9 Å². The van der Waals surface area contributed by atoms with Gasteiger partial charge >= 0.3 is 0 Å². The Morgan fingerprint density at radius 2 is 1.12 bits per heavy atom. The molecule has 2 aliphatic carbocycles. The van der Waals surface area contributed by atoms with Gasteiger partial charge in [0.15, 0.2) is 5.78 Å². The van der Waals surface area contributed by atoms with Gasteiger partial charge in [0.1, 0.15) is 0 Å². The molecule has 0 saturated carbocycles. The average Bonchev–Trinajstić information content (AvgIpc) is 3.44. The fourth-order valence-corrected chi connectivity index (χ4v) is 5.93. The van der Waals surface area contributed by atoms with E-state index in [4.69, 9.17) is 0 Å². The summed E-state index contributed by atoms with van der Waals surface area (Å²) in [5.74, 6) is 0.186. The highest BCUT2D eigenvalue weighted by Gasteiger charge is 2.48. The van der Waals surface area contributed by atoms with Crippen molar-refractivity contribution in [3.05, 3.63) is 93.7 Å². The normalized spacial score (nSPS) is 19.6. The predicted molar refractivity (Wildman–Crippen MR) is 108 cm³/mol. The van der Waals surface area contributed by atoms with E-state index >= 15 is 0 Å². The lowest BCUT2D eigenvalue weighted by Gasteiger charge is -2.19. The molecule has 0 unspecified atom stereocenters. The topological polar surface area (TPSA) is 17.1 Å². The molecule has 6 rings (SSSR count). The third-order valence-corrected chi connectivity index (χ3v) is 7.44. The van der Waals surface area contributed by atoms with Crippen LogP contribution in [0.2, 0.25) is 0 Å². The molecule has 124 valence electrons. The Morgan fingerprint density at radius 3 is 1.54 bits per heavy atom. The Balaban J connectivity index is 1.50. The van der Waals surface area contributed by atoms with Gasteiger partial charge < -0.3 is 0 Å². The summed E-state index contributed by atoms with van der Waals surface area (Å²) in [5, 5.41) is 4.20. The highest BCUT2D eigenvalue weighted by molar-refractivity contribution is 7.13. The summed E-state index contributed by atoms with van der Waals surface area (Å²) in [5.41, 5.74) is 7.27. The van der Waals surface area contributed by atoms with E-state index in [2.05, 4.69) is 71.4 Å². The van der Waals surface area contributed by atoms with E-state index < -0.39 is 0 Å². The summed E-state index contributed by atoms with van der Waals surface area (Å²) in [6, 6.07) is 21.6. The molecule has 0 radical (unpaired) electrons. The average molecular weight is 370 g/mol. The number of hydrogen-bond donors (Lipinski definition) is 0. The lowest BCUT2D eigenvalue weighted by Crippen LogP contribution is -2.03. The predicted octanol–water partition coefficient (Wildman–Crippen LogP) is 6.30. The first-order chi connectivity index (χ1) is 12.8. The van der Waals surface area contributed by atoms with E-state index in [0.29, 0.717) is 5.78 Å². The largest absolute Gasteiger partial charge is 0.298 e. The molecule has 3 heteroatoms. The van der Waals surface area contributed by atoms with Gasteiger partial charge in [-0.15, -0.1) is 22.7 Å². The number of thiophene rings is 2. The van der Waals surface area contributed by atoms with Gasteiger partial charge in [0, 0.05) is 9.75 Å². The van der Waals surface area contributed by atoms with Crippen LogP contribution in [0.1, 0.15) is 34.1 Å². The highest BCUT2D eigenvalue weighted by Crippen LogP contribution is 2.55. The molecule has 4 aromatic rings. The summed E-state index contributed by atoms with van der Waals surface area (Å²) in [7, 11) is 0. The van der Waals surface area contributed by atoms with Gasteiger partial charge in [0.05, 0.1) is 11.8 Å². The maximum atomic E-state index is 13.1. The molecule has 2 aromatic carbocycles. The quantitative estimate of drug-likeness (QED) is 0.404. The standard InChI is InChI=1S/C23H14OS2/c24-23-21-16-8-6-14(20-4-2-10-26-20)12-18(16)22(23)15-7-5-13(11-17(15)21)19-3-1-9-25-19/h1-12,21-22H/t21-,22-/m1/s1. The van der Waals surface area contributed by atoms with E-state index in [9.17, 15) is 4.79 Å². The summed E-state index contributed by atoms with van der Waals surface area (Å²) in [4.78, 5) is 15.6. The first kappa shape index (κ1) is 14.7. The second kappa shape index (κ2) is 5.26. The number of rotatable bonds is 2. The SMILES string of the molecule is O=C1[C@@H]2c3ccc(-c4cccs4)cc3[C@H]1c1ccc(-c3cccs3)cc12. The minimum atomic E-state index is -0.0812. The van der Waals surface area contributed by atoms with Crippen LogP contribution in [0.3, 0.4) is 0 Å². The van der Waals surface area contributed by atoms with Gasteiger partial charge in [-0.05, 0) is 68.4 Å². The third-order valence-electron chi connectivity index (χ3n) is 5.60. The molecule has 2 bridgehead atoms. The van der Waals surface area contributed by atoms with Crippen LogP contribution in [0.4, 0.5) is 0 Å². The fraction of sp³-hybridized carbons (Fsp3) is 0.0870. The summed E-state index contributed by atoms with van der Waals surface area (Å²) in [6.45, 7) is 0. The molecule has 2 aliphatic rings. The maximum Gasteiger partial charge on any atom is 0.156 e. The molecule has 1 nitrogen and oxygen atoms in total. The van der Waals surface area contributed by atoms with Crippen LogP contribution in [0, 0.1) is 0 Å². The zero-order valence-corrected chi connectivity index (χ0v) is 15.4. The second-order valence-electron chi connectivity index (χ2n) is 6.91. The van der Waals surface area contributed by atoms with Gasteiger partial charge in [0.25, 0.3) is 0 Å². The van der Waals surface area contributed by atoms with Crippen LogP contribution < -0.4 is 0 Å². The lowest BCUT2D eigenvalue weighted by atomic mass is 9.84. The Labute approximate surface area is 159 Å². The summed E-state index contributed by atoms with van der Waals surface area (Å²) >= 11 is 3.49. The first-order valence-electron chi connectivity index (χ1n) is 8.70. The number of fused-ring (bicyclic) bond motifs is 8. The molecule has 0 amide bonds. The molecule has 26 heavy (non-hydrogen) atoms. The lowest BCUT2D eigenvalue weighted by molar-refractivity contribution is -0.118. The van der Waals surface area contributed by atoms with Crippen molar-refractivity contribution >= 4 is 28.5 Å². The molecule has 2 heterocycles. The molecule has 0 aliphatic heterocycles. The van der Waals surface area contributed by atoms with Crippen molar-refractivity contribution in [1.82, 2.24) is 0 Å². The van der Waals surface area contributed by atoms with Crippen molar-refractivity contribution in [1.29, 1.82) is 0 Å². The summed E-state index contributed by atoms with van der Waals surface area (Å²) < 4.78 is 0. The molecular weight excluding hydrogens is 356 g/mol. The zero-order chi connectivity index (χ0) is 17.3. The van der Waals surface area contributed by atoms with Crippen molar-refractivity contribution in [2.75, 3.05) is 0 Å². The Morgan fingerprint density at radius 1 is 0.615 bits per heavy atom. The van der Waals surface area contributed by atoms with E-state index in [-0.39, 0.29) is 11.8 Å². The minimum absolute atomic E-state index is 0.0812. The van der Waals surface area contributed by atoms with Gasteiger partial charge in [-0.1, -0.05) is 36.4 Å². The van der Waals surface area contributed by atoms with E-state index in [1.165, 1.54) is 43.1 Å². The highest BCUT2D eigenvalue weighted by atomic mass is 32.1. The van der Waals surface area contributed by atoms with Gasteiger partial charge in [-0.3, -0.25) is 4.79 Å².